The van der Waals surface area contributed by atoms with Crippen LogP contribution in [-0.2, 0) is 0 Å². The third kappa shape index (κ3) is 1.99. The number of hydrogen-bond donors (Lipinski definition) is 0. The minimum absolute atomic E-state index is 0.0661. The van der Waals surface area contributed by atoms with E-state index >= 15 is 0 Å². The van der Waals surface area contributed by atoms with E-state index in [-0.39, 0.29) is 5.56 Å². The van der Waals surface area contributed by atoms with Crippen LogP contribution in [0.3, 0.4) is 0 Å². The van der Waals surface area contributed by atoms with E-state index in [0.29, 0.717) is 5.56 Å². The van der Waals surface area contributed by atoms with Crippen LogP contribution in [0, 0.1) is 0 Å². The first kappa shape index (κ1) is 9.33. The van der Waals surface area contributed by atoms with E-state index in [9.17, 15) is 9.90 Å². The Hall–Kier alpha value is -2.23. The summed E-state index contributed by atoms with van der Waals surface area (Å²) in [6.07, 6.45) is 6.15. The van der Waals surface area contributed by atoms with Gasteiger partial charge in [-0.05, 0) is 12.1 Å². The van der Waals surface area contributed by atoms with Gasteiger partial charge in [0, 0.05) is 41.5 Å². The largest absolute Gasteiger partial charge is 0.545 e. The standard InChI is InChI=1S/C11H8N2O2/c14-11(15)10-4-9(6-13-7-10)8-2-1-3-12-5-8/h1-7H,(H,14,15)/p-1. The van der Waals surface area contributed by atoms with Gasteiger partial charge in [-0.2, -0.15) is 0 Å². The predicted octanol–water partition coefficient (Wildman–Crippen LogP) is 0.507. The van der Waals surface area contributed by atoms with E-state index < -0.39 is 5.97 Å². The molecule has 4 heteroatoms. The fourth-order valence-electron chi connectivity index (χ4n) is 1.24. The number of carbonyl (C=O) groups is 1. The Morgan fingerprint density at radius 2 is 1.93 bits per heavy atom. The minimum Gasteiger partial charge on any atom is -0.545 e. The Kier molecular flexibility index (Phi) is 2.41. The monoisotopic (exact) mass is 199 g/mol. The zero-order chi connectivity index (χ0) is 10.7. The lowest BCUT2D eigenvalue weighted by Gasteiger charge is -2.04. The van der Waals surface area contributed by atoms with Crippen LogP contribution in [0.4, 0.5) is 0 Å². The number of rotatable bonds is 2. The molecule has 0 aliphatic carbocycles. The molecule has 0 bridgehead atoms. The van der Waals surface area contributed by atoms with Gasteiger partial charge in [-0.1, -0.05) is 6.07 Å². The van der Waals surface area contributed by atoms with Crippen LogP contribution in [0.15, 0.2) is 43.0 Å². The van der Waals surface area contributed by atoms with Crippen molar-refractivity contribution in [2.75, 3.05) is 0 Å². The third-order valence-electron chi connectivity index (χ3n) is 1.97. The molecule has 0 aliphatic heterocycles. The van der Waals surface area contributed by atoms with E-state index in [1.165, 1.54) is 12.3 Å². The van der Waals surface area contributed by atoms with Crippen molar-refractivity contribution < 1.29 is 9.90 Å². The summed E-state index contributed by atoms with van der Waals surface area (Å²) in [7, 11) is 0. The summed E-state index contributed by atoms with van der Waals surface area (Å²) in [6, 6.07) is 5.13. The molecular weight excluding hydrogens is 192 g/mol. The number of hydrogen-bond acceptors (Lipinski definition) is 4. The van der Waals surface area contributed by atoms with Crippen molar-refractivity contribution in [1.29, 1.82) is 0 Å². The number of nitrogens with zero attached hydrogens (tertiary/aromatic N) is 2. The average molecular weight is 199 g/mol. The smallest absolute Gasteiger partial charge is 0.0731 e. The van der Waals surface area contributed by atoms with Crippen molar-refractivity contribution in [2.24, 2.45) is 0 Å². The van der Waals surface area contributed by atoms with E-state index in [0.717, 1.165) is 5.56 Å². The molecule has 0 fully saturated rings. The van der Waals surface area contributed by atoms with Gasteiger partial charge in [0.1, 0.15) is 0 Å². The summed E-state index contributed by atoms with van der Waals surface area (Å²) in [6.45, 7) is 0. The van der Waals surface area contributed by atoms with Crippen LogP contribution < -0.4 is 5.11 Å². The summed E-state index contributed by atoms with van der Waals surface area (Å²) in [4.78, 5) is 18.4. The molecule has 0 aliphatic rings. The fourth-order valence-corrected chi connectivity index (χ4v) is 1.24. The molecule has 2 aromatic heterocycles. The van der Waals surface area contributed by atoms with Gasteiger partial charge in [0.05, 0.1) is 5.97 Å². The number of pyridine rings is 2. The molecule has 2 heterocycles. The predicted molar refractivity (Wildman–Crippen MR) is 51.8 cm³/mol. The second-order valence-corrected chi connectivity index (χ2v) is 2.99. The average Bonchev–Trinajstić information content (AvgIpc) is 2.30. The molecule has 2 aromatic rings. The molecule has 0 saturated carbocycles. The Morgan fingerprint density at radius 3 is 2.60 bits per heavy atom. The number of carboxylic acids is 1. The highest BCUT2D eigenvalue weighted by atomic mass is 16.4. The lowest BCUT2D eigenvalue weighted by atomic mass is 10.1. The molecule has 0 unspecified atom stereocenters. The van der Waals surface area contributed by atoms with Crippen LogP contribution in [0.1, 0.15) is 10.4 Å². The maximum Gasteiger partial charge on any atom is 0.0731 e. The van der Waals surface area contributed by atoms with Crippen LogP contribution in [-0.4, -0.2) is 15.9 Å². The topological polar surface area (TPSA) is 65.9 Å². The second kappa shape index (κ2) is 3.88. The quantitative estimate of drug-likeness (QED) is 0.706. The number of aromatic nitrogens is 2. The maximum atomic E-state index is 10.6. The van der Waals surface area contributed by atoms with Gasteiger partial charge in [0.2, 0.25) is 0 Å². The van der Waals surface area contributed by atoms with Gasteiger partial charge < -0.3 is 9.90 Å². The van der Waals surface area contributed by atoms with Crippen LogP contribution in [0.5, 0.6) is 0 Å². The maximum absolute atomic E-state index is 10.6. The van der Waals surface area contributed by atoms with E-state index in [4.69, 9.17) is 0 Å². The lowest BCUT2D eigenvalue weighted by Crippen LogP contribution is -2.22. The van der Waals surface area contributed by atoms with Crippen molar-refractivity contribution >= 4 is 5.97 Å². The van der Waals surface area contributed by atoms with Crippen LogP contribution >= 0.6 is 0 Å². The molecular formula is C11H7N2O2-. The number of carboxylic acid groups (broad SMARTS) is 1. The Balaban J connectivity index is 2.46. The van der Waals surface area contributed by atoms with E-state index in [1.54, 1.807) is 24.7 Å². The Morgan fingerprint density at radius 1 is 1.13 bits per heavy atom. The molecule has 0 aromatic carbocycles. The van der Waals surface area contributed by atoms with Gasteiger partial charge >= 0.3 is 0 Å². The Bertz CT molecular complexity index is 483. The zero-order valence-corrected chi connectivity index (χ0v) is 7.75. The summed E-state index contributed by atoms with van der Waals surface area (Å²) in [5.41, 5.74) is 1.61. The van der Waals surface area contributed by atoms with Gasteiger partial charge in [0.25, 0.3) is 0 Å². The van der Waals surface area contributed by atoms with Gasteiger partial charge in [-0.15, -0.1) is 0 Å². The highest BCUT2D eigenvalue weighted by Crippen LogP contribution is 2.17. The molecule has 2 rings (SSSR count). The van der Waals surface area contributed by atoms with Crippen molar-refractivity contribution in [3.05, 3.63) is 48.5 Å². The molecule has 0 atom stereocenters. The molecule has 0 saturated heterocycles. The molecule has 74 valence electrons. The first-order valence-corrected chi connectivity index (χ1v) is 4.34. The van der Waals surface area contributed by atoms with Crippen molar-refractivity contribution in [3.63, 3.8) is 0 Å². The summed E-state index contributed by atoms with van der Waals surface area (Å²) >= 11 is 0. The third-order valence-corrected chi connectivity index (χ3v) is 1.97. The normalized spacial score (nSPS) is 9.87. The lowest BCUT2D eigenvalue weighted by molar-refractivity contribution is -0.255. The highest BCUT2D eigenvalue weighted by Gasteiger charge is 2.00. The van der Waals surface area contributed by atoms with E-state index in [2.05, 4.69) is 9.97 Å². The Labute approximate surface area is 86.2 Å². The number of carbonyl (C=O) groups excluding carboxylic acids is 1. The first-order valence-electron chi connectivity index (χ1n) is 4.34. The molecule has 0 spiro atoms. The summed E-state index contributed by atoms with van der Waals surface area (Å²) in [5, 5.41) is 10.6. The summed E-state index contributed by atoms with van der Waals surface area (Å²) < 4.78 is 0. The fraction of sp³-hybridized carbons (Fsp3) is 0. The van der Waals surface area contributed by atoms with Crippen molar-refractivity contribution in [1.82, 2.24) is 9.97 Å². The molecule has 0 radical (unpaired) electrons. The summed E-state index contributed by atoms with van der Waals surface area (Å²) in [5.74, 6) is -1.23. The van der Waals surface area contributed by atoms with Gasteiger partial charge in [0.15, 0.2) is 0 Å². The SMILES string of the molecule is O=C([O-])c1cncc(-c2cccnc2)c1. The molecule has 0 N–H and O–H groups in total. The van der Waals surface area contributed by atoms with Crippen molar-refractivity contribution in [2.45, 2.75) is 0 Å². The minimum atomic E-state index is -1.23. The van der Waals surface area contributed by atoms with Crippen LogP contribution in [0.25, 0.3) is 11.1 Å². The van der Waals surface area contributed by atoms with Gasteiger partial charge in [-0.25, -0.2) is 0 Å². The molecule has 0 amide bonds. The van der Waals surface area contributed by atoms with Crippen molar-refractivity contribution in [3.8, 4) is 11.1 Å². The number of aromatic carboxylic acids is 1. The van der Waals surface area contributed by atoms with Gasteiger partial charge in [-0.3, -0.25) is 9.97 Å². The highest BCUT2D eigenvalue weighted by molar-refractivity contribution is 5.87. The zero-order valence-electron chi connectivity index (χ0n) is 7.75. The first-order chi connectivity index (χ1) is 7.27. The molecule has 15 heavy (non-hydrogen) atoms. The van der Waals surface area contributed by atoms with E-state index in [1.807, 2.05) is 6.07 Å². The molecule has 4 nitrogen and oxygen atoms in total. The second-order valence-electron chi connectivity index (χ2n) is 2.99. The van der Waals surface area contributed by atoms with Crippen LogP contribution in [0.2, 0.25) is 0 Å².